The monoisotopic (exact) mass is 360 g/mol. The maximum Gasteiger partial charge on any atom is 0.347 e. The van der Waals surface area contributed by atoms with Gasteiger partial charge in [-0.15, -0.1) is 0 Å². The maximum absolute atomic E-state index is 11.9. The number of hydrogen-bond acceptors (Lipinski definition) is 3. The standard InChI is InChI=1S/C20H21ClO4/c1-13-4-9-16(22)10-11-18(25-20(2,3)19(23)24)17(12-13)14-5-7-15(21)8-6-14/h5-8,10-12H,4,9H2,1-3H3,(H,23,24)/b11-10+,13-12+,18-17-. The van der Waals surface area contributed by atoms with E-state index in [4.69, 9.17) is 16.3 Å². The largest absolute Gasteiger partial charge is 0.478 e. The summed E-state index contributed by atoms with van der Waals surface area (Å²) >= 11 is 5.97. The van der Waals surface area contributed by atoms with Crippen LogP contribution in [0.3, 0.4) is 0 Å². The summed E-state index contributed by atoms with van der Waals surface area (Å²) in [5, 5.41) is 9.98. The molecule has 0 bridgehead atoms. The Balaban J connectivity index is 2.64. The summed E-state index contributed by atoms with van der Waals surface area (Å²) in [6, 6.07) is 7.20. The van der Waals surface area contributed by atoms with Crippen LogP contribution < -0.4 is 0 Å². The number of hydrogen-bond donors (Lipinski definition) is 1. The smallest absolute Gasteiger partial charge is 0.347 e. The van der Waals surface area contributed by atoms with Gasteiger partial charge < -0.3 is 9.84 Å². The van der Waals surface area contributed by atoms with Gasteiger partial charge in [0.05, 0.1) is 0 Å². The third-order valence-corrected chi connectivity index (χ3v) is 4.13. The van der Waals surface area contributed by atoms with E-state index in [2.05, 4.69) is 0 Å². The first kappa shape index (κ1) is 19.0. The van der Waals surface area contributed by atoms with Crippen molar-refractivity contribution in [1.29, 1.82) is 0 Å². The molecule has 0 spiro atoms. The molecule has 0 aromatic heterocycles. The lowest BCUT2D eigenvalue weighted by atomic mass is 10.00. The summed E-state index contributed by atoms with van der Waals surface area (Å²) < 4.78 is 5.79. The molecule has 1 aromatic rings. The fraction of sp³-hybridized carbons (Fsp3) is 0.300. The third kappa shape index (κ3) is 5.07. The van der Waals surface area contributed by atoms with E-state index in [0.29, 0.717) is 23.6 Å². The van der Waals surface area contributed by atoms with Crippen LogP contribution in [0, 0.1) is 0 Å². The summed E-state index contributed by atoms with van der Waals surface area (Å²) in [4.78, 5) is 23.4. The van der Waals surface area contributed by atoms with Gasteiger partial charge in [-0.3, -0.25) is 4.79 Å². The highest BCUT2D eigenvalue weighted by Crippen LogP contribution is 2.30. The van der Waals surface area contributed by atoms with Crippen molar-refractivity contribution < 1.29 is 19.4 Å². The van der Waals surface area contributed by atoms with Gasteiger partial charge in [-0.25, -0.2) is 4.79 Å². The Bertz CT molecular complexity index is 767. The zero-order chi connectivity index (χ0) is 18.6. The van der Waals surface area contributed by atoms with Crippen LogP contribution in [0.2, 0.25) is 5.02 Å². The second-order valence-electron chi connectivity index (χ2n) is 6.49. The van der Waals surface area contributed by atoms with E-state index < -0.39 is 11.6 Å². The predicted molar refractivity (Wildman–Crippen MR) is 98.3 cm³/mol. The van der Waals surface area contributed by atoms with E-state index in [1.54, 1.807) is 18.2 Å². The number of ketones is 1. The summed E-state index contributed by atoms with van der Waals surface area (Å²) in [5.74, 6) is -0.778. The van der Waals surface area contributed by atoms with Crippen LogP contribution in [0.4, 0.5) is 0 Å². The Hall–Kier alpha value is -2.33. The van der Waals surface area contributed by atoms with Crippen molar-refractivity contribution in [1.82, 2.24) is 0 Å². The molecule has 0 fully saturated rings. The van der Waals surface area contributed by atoms with Crippen molar-refractivity contribution in [3.05, 3.63) is 64.4 Å². The van der Waals surface area contributed by atoms with Gasteiger partial charge >= 0.3 is 5.97 Å². The highest BCUT2D eigenvalue weighted by atomic mass is 35.5. The summed E-state index contributed by atoms with van der Waals surface area (Å²) in [6.07, 6.45) is 5.96. The van der Waals surface area contributed by atoms with Gasteiger partial charge in [0.1, 0.15) is 5.76 Å². The summed E-state index contributed by atoms with van der Waals surface area (Å²) in [5.41, 5.74) is 1.13. The second kappa shape index (κ2) is 7.70. The van der Waals surface area contributed by atoms with E-state index in [1.807, 2.05) is 25.1 Å². The molecule has 25 heavy (non-hydrogen) atoms. The van der Waals surface area contributed by atoms with Crippen molar-refractivity contribution in [3.8, 4) is 0 Å². The molecular weight excluding hydrogens is 340 g/mol. The number of halogens is 1. The Morgan fingerprint density at radius 2 is 1.80 bits per heavy atom. The molecule has 4 nitrogen and oxygen atoms in total. The van der Waals surface area contributed by atoms with Crippen molar-refractivity contribution in [3.63, 3.8) is 0 Å². The van der Waals surface area contributed by atoms with E-state index in [0.717, 1.165) is 16.7 Å². The van der Waals surface area contributed by atoms with E-state index in [9.17, 15) is 14.7 Å². The lowest BCUT2D eigenvalue weighted by molar-refractivity contribution is -0.156. The Morgan fingerprint density at radius 1 is 1.16 bits per heavy atom. The minimum Gasteiger partial charge on any atom is -0.478 e. The molecule has 1 aliphatic carbocycles. The minimum atomic E-state index is -1.43. The second-order valence-corrected chi connectivity index (χ2v) is 6.93. The number of carboxylic acids is 1. The molecule has 0 radical (unpaired) electrons. The van der Waals surface area contributed by atoms with Crippen LogP contribution in [0.1, 0.15) is 39.2 Å². The molecule has 132 valence electrons. The van der Waals surface area contributed by atoms with Gasteiger partial charge in [-0.2, -0.15) is 0 Å². The molecule has 0 saturated heterocycles. The van der Waals surface area contributed by atoms with Gasteiger partial charge in [0, 0.05) is 17.0 Å². The Kier molecular flexibility index (Phi) is 5.85. The number of ether oxygens (including phenoxy) is 1. The number of carbonyl (C=O) groups excluding carboxylic acids is 1. The van der Waals surface area contributed by atoms with Crippen molar-refractivity contribution >= 4 is 28.9 Å². The first-order valence-electron chi connectivity index (χ1n) is 8.00. The van der Waals surface area contributed by atoms with Crippen molar-refractivity contribution in [2.24, 2.45) is 0 Å². The molecule has 0 amide bonds. The van der Waals surface area contributed by atoms with Gasteiger partial charge in [0.25, 0.3) is 0 Å². The lowest BCUT2D eigenvalue weighted by Crippen LogP contribution is -2.34. The number of carbonyl (C=O) groups is 2. The van der Waals surface area contributed by atoms with Crippen molar-refractivity contribution in [2.45, 2.75) is 39.2 Å². The Morgan fingerprint density at radius 3 is 2.40 bits per heavy atom. The number of benzene rings is 1. The van der Waals surface area contributed by atoms with E-state index >= 15 is 0 Å². The molecular formula is C20H21ClO4. The zero-order valence-corrected chi connectivity index (χ0v) is 15.3. The van der Waals surface area contributed by atoms with Crippen molar-refractivity contribution in [2.75, 3.05) is 0 Å². The highest BCUT2D eigenvalue weighted by molar-refractivity contribution is 6.30. The molecule has 0 atom stereocenters. The average Bonchev–Trinajstić information content (AvgIpc) is 2.60. The SMILES string of the molecule is C\C1=C/C(c2ccc(Cl)cc2)=C(OC(C)(C)C(=O)O)\C=C\C(=O)CC1. The van der Waals surface area contributed by atoms with Gasteiger partial charge in [-0.05, 0) is 57.0 Å². The zero-order valence-electron chi connectivity index (χ0n) is 14.5. The molecule has 0 aliphatic heterocycles. The first-order valence-corrected chi connectivity index (χ1v) is 8.37. The Labute approximate surface area is 152 Å². The number of rotatable bonds is 4. The molecule has 1 aromatic carbocycles. The molecule has 0 heterocycles. The molecule has 1 aliphatic rings. The van der Waals surface area contributed by atoms with Gasteiger partial charge in [0.15, 0.2) is 11.4 Å². The normalized spacial score (nSPS) is 22.2. The topological polar surface area (TPSA) is 63.6 Å². The summed E-state index contributed by atoms with van der Waals surface area (Å²) in [7, 11) is 0. The number of allylic oxidation sites excluding steroid dienone is 5. The number of aliphatic carboxylic acids is 1. The van der Waals surface area contributed by atoms with Crippen LogP contribution in [0.5, 0.6) is 0 Å². The van der Waals surface area contributed by atoms with E-state index in [-0.39, 0.29) is 5.78 Å². The van der Waals surface area contributed by atoms with Gasteiger partial charge in [0.2, 0.25) is 0 Å². The molecule has 0 unspecified atom stereocenters. The van der Waals surface area contributed by atoms with Crippen LogP contribution in [0.25, 0.3) is 5.57 Å². The molecule has 1 N–H and O–H groups in total. The highest BCUT2D eigenvalue weighted by Gasteiger charge is 2.30. The van der Waals surface area contributed by atoms with Crippen LogP contribution >= 0.6 is 11.6 Å². The fourth-order valence-corrected chi connectivity index (χ4v) is 2.44. The van der Waals surface area contributed by atoms with Crippen LogP contribution in [-0.2, 0) is 14.3 Å². The third-order valence-electron chi connectivity index (χ3n) is 3.88. The first-order chi connectivity index (χ1) is 11.7. The van der Waals surface area contributed by atoms with Gasteiger partial charge in [-0.1, -0.05) is 35.4 Å². The van der Waals surface area contributed by atoms with Crippen LogP contribution in [0.15, 0.2) is 53.8 Å². The lowest BCUT2D eigenvalue weighted by Gasteiger charge is -2.24. The average molecular weight is 361 g/mol. The fourth-order valence-electron chi connectivity index (χ4n) is 2.31. The maximum atomic E-state index is 11.9. The summed E-state index contributed by atoms with van der Waals surface area (Å²) in [6.45, 7) is 4.88. The quantitative estimate of drug-likeness (QED) is 0.837. The molecule has 0 saturated carbocycles. The molecule has 5 heteroatoms. The predicted octanol–water partition coefficient (Wildman–Crippen LogP) is 4.80. The number of carboxylic acid groups (broad SMARTS) is 1. The molecule has 2 rings (SSSR count). The minimum absolute atomic E-state index is 0.0284. The van der Waals surface area contributed by atoms with Crippen LogP contribution in [-0.4, -0.2) is 22.5 Å². The van der Waals surface area contributed by atoms with E-state index in [1.165, 1.54) is 19.9 Å².